The quantitative estimate of drug-likeness (QED) is 0.361. The Morgan fingerprint density at radius 2 is 1.61 bits per heavy atom. The maximum Gasteiger partial charge on any atom is 0.264 e. The second-order valence-corrected chi connectivity index (χ2v) is 9.02. The van der Waals surface area contributed by atoms with Crippen LogP contribution in [-0.4, -0.2) is 29.4 Å². The van der Waals surface area contributed by atoms with Gasteiger partial charge in [0.05, 0.1) is 4.90 Å². The van der Waals surface area contributed by atoms with Gasteiger partial charge in [-0.3, -0.25) is 10.1 Å². The molecule has 3 aromatic rings. The zero-order valence-corrected chi connectivity index (χ0v) is 19.3. The summed E-state index contributed by atoms with van der Waals surface area (Å²) in [5, 5.41) is 5.30. The number of aromatic nitrogens is 2. The van der Waals surface area contributed by atoms with Crippen molar-refractivity contribution < 1.29 is 17.6 Å². The van der Waals surface area contributed by atoms with Crippen molar-refractivity contribution in [2.24, 2.45) is 0 Å². The SMILES string of the molecule is Cc1cc(C)nc(NS(=O)(=O)c2ccc(NC(=S)NC(=O)C=Cc3ccc(F)cc3)cc2)n1. The molecule has 0 aliphatic heterocycles. The first kappa shape index (κ1) is 24.0. The lowest BCUT2D eigenvalue weighted by molar-refractivity contribution is -0.115. The lowest BCUT2D eigenvalue weighted by Gasteiger charge is -2.10. The van der Waals surface area contributed by atoms with Crippen molar-refractivity contribution in [3.05, 3.63) is 83.4 Å². The normalized spacial score (nSPS) is 11.2. The van der Waals surface area contributed by atoms with Crippen LogP contribution in [0.5, 0.6) is 0 Å². The summed E-state index contributed by atoms with van der Waals surface area (Å²) in [6.45, 7) is 3.49. The molecule has 0 saturated heterocycles. The van der Waals surface area contributed by atoms with Crippen molar-refractivity contribution in [3.63, 3.8) is 0 Å². The predicted octanol–water partition coefficient (Wildman–Crippen LogP) is 3.56. The zero-order chi connectivity index (χ0) is 24.0. The van der Waals surface area contributed by atoms with Gasteiger partial charge < -0.3 is 5.32 Å². The van der Waals surface area contributed by atoms with E-state index in [4.69, 9.17) is 12.2 Å². The van der Waals surface area contributed by atoms with Crippen molar-refractivity contribution >= 4 is 51.0 Å². The number of thiocarbonyl (C=S) groups is 1. The molecule has 3 N–H and O–H groups in total. The minimum Gasteiger partial charge on any atom is -0.332 e. The maximum atomic E-state index is 12.9. The fourth-order valence-electron chi connectivity index (χ4n) is 2.73. The number of carbonyl (C=O) groups is 1. The van der Waals surface area contributed by atoms with Crippen LogP contribution in [0, 0.1) is 19.7 Å². The van der Waals surface area contributed by atoms with Crippen molar-refractivity contribution in [1.82, 2.24) is 15.3 Å². The Hall–Kier alpha value is -3.70. The van der Waals surface area contributed by atoms with Crippen LogP contribution in [0.3, 0.4) is 0 Å². The molecule has 0 spiro atoms. The highest BCUT2D eigenvalue weighted by atomic mass is 32.2. The predicted molar refractivity (Wildman–Crippen MR) is 129 cm³/mol. The van der Waals surface area contributed by atoms with Crippen molar-refractivity contribution in [1.29, 1.82) is 0 Å². The van der Waals surface area contributed by atoms with Crippen molar-refractivity contribution in [3.8, 4) is 0 Å². The molecule has 11 heteroatoms. The van der Waals surface area contributed by atoms with E-state index >= 15 is 0 Å². The minimum atomic E-state index is -3.89. The highest BCUT2D eigenvalue weighted by Gasteiger charge is 2.16. The third kappa shape index (κ3) is 7.16. The highest BCUT2D eigenvalue weighted by Crippen LogP contribution is 2.17. The number of rotatable bonds is 6. The van der Waals surface area contributed by atoms with Gasteiger partial charge in [0.2, 0.25) is 11.9 Å². The average Bonchev–Trinajstić information content (AvgIpc) is 2.72. The summed E-state index contributed by atoms with van der Waals surface area (Å²) in [6.07, 6.45) is 2.78. The first-order chi connectivity index (χ1) is 15.6. The minimum absolute atomic E-state index is 0.00714. The van der Waals surface area contributed by atoms with E-state index < -0.39 is 15.9 Å². The molecule has 0 aliphatic rings. The summed E-state index contributed by atoms with van der Waals surface area (Å²) < 4.78 is 40.4. The van der Waals surface area contributed by atoms with Gasteiger partial charge in [0, 0.05) is 23.2 Å². The molecule has 1 amide bonds. The zero-order valence-electron chi connectivity index (χ0n) is 17.7. The highest BCUT2D eigenvalue weighted by molar-refractivity contribution is 7.92. The van der Waals surface area contributed by atoms with Gasteiger partial charge in [-0.1, -0.05) is 12.1 Å². The number of hydrogen-bond donors (Lipinski definition) is 3. The van der Waals surface area contributed by atoms with Gasteiger partial charge in [0.15, 0.2) is 5.11 Å². The Balaban J connectivity index is 1.58. The molecule has 8 nitrogen and oxygen atoms in total. The molecule has 0 unspecified atom stereocenters. The third-order valence-electron chi connectivity index (χ3n) is 4.16. The standard InChI is InChI=1S/C22H20FN5O3S2/c1-14-13-15(2)25-21(24-14)28-33(30,31)19-10-8-18(9-11-19)26-22(32)27-20(29)12-5-16-3-6-17(23)7-4-16/h3-13H,1-2H3,(H,24,25,28)(H2,26,27,29,32). The lowest BCUT2D eigenvalue weighted by Crippen LogP contribution is -2.32. The number of nitrogens with one attached hydrogen (secondary N) is 3. The second kappa shape index (κ2) is 10.3. The van der Waals surface area contributed by atoms with E-state index in [2.05, 4.69) is 25.3 Å². The summed E-state index contributed by atoms with van der Waals surface area (Å²) in [4.78, 5) is 20.1. The average molecular weight is 486 g/mol. The molecule has 1 heterocycles. The molecular weight excluding hydrogens is 465 g/mol. The summed E-state index contributed by atoms with van der Waals surface area (Å²) in [5.74, 6) is -0.851. The van der Waals surface area contributed by atoms with Gasteiger partial charge in [0.1, 0.15) is 5.82 Å². The van der Waals surface area contributed by atoms with E-state index in [0.717, 1.165) is 0 Å². The fraction of sp³-hybridized carbons (Fsp3) is 0.0909. The molecule has 33 heavy (non-hydrogen) atoms. The van der Waals surface area contributed by atoms with E-state index in [1.54, 1.807) is 19.9 Å². The maximum absolute atomic E-state index is 12.9. The molecular formula is C22H20FN5O3S2. The summed E-state index contributed by atoms with van der Waals surface area (Å²) >= 11 is 5.10. The van der Waals surface area contributed by atoms with E-state index in [1.807, 2.05) is 0 Å². The number of hydrogen-bond acceptors (Lipinski definition) is 6. The number of anilines is 2. The number of amides is 1. The topological polar surface area (TPSA) is 113 Å². The van der Waals surface area contributed by atoms with Crippen LogP contribution < -0.4 is 15.4 Å². The van der Waals surface area contributed by atoms with Gasteiger partial charge in [-0.15, -0.1) is 0 Å². The monoisotopic (exact) mass is 485 g/mol. The number of sulfonamides is 1. The number of carbonyl (C=O) groups excluding carboxylic acids is 1. The summed E-state index contributed by atoms with van der Waals surface area (Å²) in [7, 11) is -3.89. The van der Waals surface area contributed by atoms with Crippen LogP contribution in [0.25, 0.3) is 6.08 Å². The Kier molecular flexibility index (Phi) is 7.46. The van der Waals surface area contributed by atoms with Crippen LogP contribution in [-0.2, 0) is 14.8 Å². The number of halogens is 1. The number of aryl methyl sites for hydroxylation is 2. The van der Waals surface area contributed by atoms with Crippen molar-refractivity contribution in [2.75, 3.05) is 10.0 Å². The molecule has 0 atom stereocenters. The second-order valence-electron chi connectivity index (χ2n) is 6.93. The molecule has 170 valence electrons. The van der Waals surface area contributed by atoms with Gasteiger partial charge in [-0.25, -0.2) is 27.5 Å². The van der Waals surface area contributed by atoms with Crippen LogP contribution >= 0.6 is 12.2 Å². The van der Waals surface area contributed by atoms with Crippen LogP contribution in [0.4, 0.5) is 16.0 Å². The fourth-order valence-corrected chi connectivity index (χ4v) is 3.89. The van der Waals surface area contributed by atoms with Gasteiger partial charge >= 0.3 is 0 Å². The van der Waals surface area contributed by atoms with E-state index in [0.29, 0.717) is 22.6 Å². The molecule has 3 rings (SSSR count). The molecule has 2 aromatic carbocycles. The van der Waals surface area contributed by atoms with Crippen LogP contribution in [0.1, 0.15) is 17.0 Å². The molecule has 0 saturated carbocycles. The van der Waals surface area contributed by atoms with Gasteiger partial charge in [-0.05, 0) is 80.2 Å². The van der Waals surface area contributed by atoms with Gasteiger partial charge in [-0.2, -0.15) is 0 Å². The van der Waals surface area contributed by atoms with Crippen LogP contribution in [0.15, 0.2) is 65.6 Å². The number of nitrogens with zero attached hydrogens (tertiary/aromatic N) is 2. The Morgan fingerprint density at radius 1 is 1.00 bits per heavy atom. The summed E-state index contributed by atoms with van der Waals surface area (Å²) in [5.41, 5.74) is 2.41. The Labute approximate surface area is 196 Å². The largest absolute Gasteiger partial charge is 0.332 e. The lowest BCUT2D eigenvalue weighted by atomic mass is 10.2. The molecule has 0 fully saturated rings. The molecule has 1 aromatic heterocycles. The van der Waals surface area contributed by atoms with Crippen molar-refractivity contribution in [2.45, 2.75) is 18.7 Å². The summed E-state index contributed by atoms with van der Waals surface area (Å²) in [6, 6.07) is 13.2. The van der Waals surface area contributed by atoms with E-state index in [1.165, 1.54) is 60.7 Å². The smallest absolute Gasteiger partial charge is 0.264 e. The number of benzene rings is 2. The Bertz CT molecular complexity index is 1290. The van der Waals surface area contributed by atoms with E-state index in [9.17, 15) is 17.6 Å². The molecule has 0 aliphatic carbocycles. The van der Waals surface area contributed by atoms with Gasteiger partial charge in [0.25, 0.3) is 10.0 Å². The first-order valence-corrected chi connectivity index (χ1v) is 11.5. The third-order valence-corrected chi connectivity index (χ3v) is 5.71. The van der Waals surface area contributed by atoms with E-state index in [-0.39, 0.29) is 21.8 Å². The molecule has 0 radical (unpaired) electrons. The van der Waals surface area contributed by atoms with Crippen LogP contribution in [0.2, 0.25) is 0 Å². The Morgan fingerprint density at radius 3 is 2.21 bits per heavy atom. The molecule has 0 bridgehead atoms. The first-order valence-electron chi connectivity index (χ1n) is 9.61.